The Morgan fingerprint density at radius 3 is 2.71 bits per heavy atom. The molecule has 0 bridgehead atoms. The zero-order chi connectivity index (χ0) is 15.6. The molecule has 114 valence electrons. The van der Waals surface area contributed by atoms with Crippen LogP contribution in [0.2, 0.25) is 0 Å². The first kappa shape index (κ1) is 15.6. The molecule has 1 heterocycles. The number of aromatic nitrogens is 1. The molecule has 0 saturated carbocycles. The van der Waals surface area contributed by atoms with Crippen molar-refractivity contribution in [2.45, 2.75) is 33.3 Å². The van der Waals surface area contributed by atoms with Crippen LogP contribution in [0.1, 0.15) is 26.5 Å². The molecule has 0 amide bonds. The van der Waals surface area contributed by atoms with Crippen molar-refractivity contribution in [3.05, 3.63) is 30.0 Å². The maximum atomic E-state index is 10.4. The van der Waals surface area contributed by atoms with E-state index in [-0.39, 0.29) is 5.92 Å². The van der Waals surface area contributed by atoms with Crippen molar-refractivity contribution in [1.29, 1.82) is 0 Å². The Bertz CT molecular complexity index is 636. The lowest BCUT2D eigenvalue weighted by Gasteiger charge is -2.28. The number of hydrogen-bond acceptors (Lipinski definition) is 4. The Kier molecular flexibility index (Phi) is 4.37. The molecule has 21 heavy (non-hydrogen) atoms. The molecule has 4 nitrogen and oxygen atoms in total. The van der Waals surface area contributed by atoms with E-state index < -0.39 is 5.60 Å². The van der Waals surface area contributed by atoms with Gasteiger partial charge in [0.25, 0.3) is 0 Å². The van der Waals surface area contributed by atoms with Crippen molar-refractivity contribution >= 4 is 16.6 Å². The predicted molar refractivity (Wildman–Crippen MR) is 87.0 cm³/mol. The Morgan fingerprint density at radius 1 is 1.38 bits per heavy atom. The molecule has 0 saturated heterocycles. The third-order valence-corrected chi connectivity index (χ3v) is 4.03. The second-order valence-corrected chi connectivity index (χ2v) is 6.03. The summed E-state index contributed by atoms with van der Waals surface area (Å²) in [5.41, 5.74) is 1.96. The number of nitrogens with zero attached hydrogens (tertiary/aromatic N) is 1. The van der Waals surface area contributed by atoms with Gasteiger partial charge >= 0.3 is 0 Å². The van der Waals surface area contributed by atoms with Crippen LogP contribution in [0.4, 0.5) is 5.69 Å². The van der Waals surface area contributed by atoms with E-state index in [2.05, 4.69) is 10.3 Å². The number of nitrogens with one attached hydrogen (secondary N) is 1. The molecule has 0 aliphatic heterocycles. The highest BCUT2D eigenvalue weighted by Crippen LogP contribution is 2.30. The average molecular weight is 288 g/mol. The number of pyridine rings is 1. The van der Waals surface area contributed by atoms with Crippen LogP contribution >= 0.6 is 0 Å². The number of methoxy groups -OCH3 is 1. The number of aryl methyl sites for hydroxylation is 1. The minimum absolute atomic E-state index is 0.175. The molecule has 0 fully saturated rings. The van der Waals surface area contributed by atoms with Crippen LogP contribution in [0, 0.1) is 12.8 Å². The zero-order valence-corrected chi connectivity index (χ0v) is 13.4. The number of benzene rings is 1. The van der Waals surface area contributed by atoms with Crippen LogP contribution < -0.4 is 10.1 Å². The second-order valence-electron chi connectivity index (χ2n) is 6.03. The summed E-state index contributed by atoms with van der Waals surface area (Å²) in [4.78, 5) is 4.56. The molecule has 2 N–H and O–H groups in total. The van der Waals surface area contributed by atoms with Gasteiger partial charge in [0.2, 0.25) is 0 Å². The molecule has 2 rings (SSSR count). The van der Waals surface area contributed by atoms with Gasteiger partial charge in [-0.1, -0.05) is 26.0 Å². The van der Waals surface area contributed by atoms with E-state index >= 15 is 0 Å². The highest BCUT2D eigenvalue weighted by molar-refractivity contribution is 5.95. The largest absolute Gasteiger partial charge is 0.494 e. The number of ether oxygens (including phenoxy) is 1. The Labute approximate surface area is 126 Å². The van der Waals surface area contributed by atoms with Gasteiger partial charge in [0.1, 0.15) is 11.3 Å². The molecule has 0 spiro atoms. The van der Waals surface area contributed by atoms with Crippen LogP contribution in [-0.2, 0) is 0 Å². The highest BCUT2D eigenvalue weighted by Gasteiger charge is 2.24. The summed E-state index contributed by atoms with van der Waals surface area (Å²) in [6.45, 7) is 8.32. The van der Waals surface area contributed by atoms with Gasteiger partial charge in [-0.25, -0.2) is 4.98 Å². The number of hydrogen-bond donors (Lipinski definition) is 2. The van der Waals surface area contributed by atoms with Gasteiger partial charge in [-0.2, -0.15) is 0 Å². The fourth-order valence-electron chi connectivity index (χ4n) is 2.14. The minimum Gasteiger partial charge on any atom is -0.494 e. The second kappa shape index (κ2) is 5.90. The molecule has 2 aromatic rings. The topological polar surface area (TPSA) is 54.4 Å². The van der Waals surface area contributed by atoms with Crippen LogP contribution in [-0.4, -0.2) is 29.3 Å². The molecular formula is C17H24N2O2. The summed E-state index contributed by atoms with van der Waals surface area (Å²) in [5.74, 6) is 0.934. The van der Waals surface area contributed by atoms with E-state index in [1.165, 1.54) is 0 Å². The van der Waals surface area contributed by atoms with Crippen LogP contribution in [0.5, 0.6) is 5.75 Å². The molecule has 0 aliphatic carbocycles. The summed E-state index contributed by atoms with van der Waals surface area (Å²) in [5, 5.41) is 14.7. The van der Waals surface area contributed by atoms with Crippen molar-refractivity contribution in [1.82, 2.24) is 4.98 Å². The number of anilines is 1. The smallest absolute Gasteiger partial charge is 0.145 e. The van der Waals surface area contributed by atoms with Crippen molar-refractivity contribution in [3.8, 4) is 5.75 Å². The molecule has 0 aliphatic rings. The van der Waals surface area contributed by atoms with E-state index in [1.54, 1.807) is 7.11 Å². The van der Waals surface area contributed by atoms with Crippen molar-refractivity contribution in [3.63, 3.8) is 0 Å². The van der Waals surface area contributed by atoms with Crippen molar-refractivity contribution < 1.29 is 9.84 Å². The molecule has 1 aromatic heterocycles. The van der Waals surface area contributed by atoms with Gasteiger partial charge in [0.15, 0.2) is 0 Å². The Morgan fingerprint density at radius 2 is 2.10 bits per heavy atom. The van der Waals surface area contributed by atoms with E-state index in [1.807, 2.05) is 52.0 Å². The summed E-state index contributed by atoms with van der Waals surface area (Å²) in [6, 6.07) is 7.86. The fourth-order valence-corrected chi connectivity index (χ4v) is 2.14. The molecule has 1 unspecified atom stereocenters. The first-order valence-electron chi connectivity index (χ1n) is 7.26. The molecule has 1 aromatic carbocycles. The number of rotatable bonds is 5. The van der Waals surface area contributed by atoms with Crippen LogP contribution in [0.25, 0.3) is 10.9 Å². The number of para-hydroxylation sites is 1. The van der Waals surface area contributed by atoms with E-state index in [4.69, 9.17) is 4.74 Å². The van der Waals surface area contributed by atoms with Crippen molar-refractivity contribution in [2.24, 2.45) is 5.92 Å². The standard InChI is InChI=1S/C17H24N2O2/c1-11(2)17(4,20)10-18-14-9-12(3)19-16-13(14)7-6-8-15(16)21-5/h6-9,11,20H,10H2,1-5H3,(H,18,19). The quantitative estimate of drug-likeness (QED) is 0.885. The summed E-state index contributed by atoms with van der Waals surface area (Å²) in [6.07, 6.45) is 0. The predicted octanol–water partition coefficient (Wildman–Crippen LogP) is 3.37. The Balaban J connectivity index is 2.40. The van der Waals surface area contributed by atoms with Gasteiger partial charge in [-0.05, 0) is 31.9 Å². The van der Waals surface area contributed by atoms with Gasteiger partial charge in [-0.15, -0.1) is 0 Å². The minimum atomic E-state index is -0.762. The first-order chi connectivity index (χ1) is 9.85. The number of aliphatic hydroxyl groups is 1. The summed E-state index contributed by atoms with van der Waals surface area (Å²) >= 11 is 0. The van der Waals surface area contributed by atoms with Crippen LogP contribution in [0.15, 0.2) is 24.3 Å². The van der Waals surface area contributed by atoms with Crippen molar-refractivity contribution in [2.75, 3.05) is 19.0 Å². The fraction of sp³-hybridized carbons (Fsp3) is 0.471. The van der Waals surface area contributed by atoms with Gasteiger partial charge < -0.3 is 15.2 Å². The monoisotopic (exact) mass is 288 g/mol. The molecular weight excluding hydrogens is 264 g/mol. The molecule has 1 atom stereocenters. The first-order valence-corrected chi connectivity index (χ1v) is 7.26. The maximum absolute atomic E-state index is 10.4. The number of fused-ring (bicyclic) bond motifs is 1. The Hall–Kier alpha value is -1.81. The average Bonchev–Trinajstić information content (AvgIpc) is 2.43. The highest BCUT2D eigenvalue weighted by atomic mass is 16.5. The van der Waals surface area contributed by atoms with Gasteiger partial charge in [0, 0.05) is 23.3 Å². The third kappa shape index (κ3) is 3.27. The normalized spacial score (nSPS) is 14.2. The lowest BCUT2D eigenvalue weighted by Crippen LogP contribution is -2.38. The van der Waals surface area contributed by atoms with E-state index in [0.717, 1.165) is 28.0 Å². The maximum Gasteiger partial charge on any atom is 0.145 e. The summed E-state index contributed by atoms with van der Waals surface area (Å²) < 4.78 is 5.38. The molecule has 4 heteroatoms. The lowest BCUT2D eigenvalue weighted by molar-refractivity contribution is 0.0266. The van der Waals surface area contributed by atoms with E-state index in [9.17, 15) is 5.11 Å². The van der Waals surface area contributed by atoms with Crippen LogP contribution in [0.3, 0.4) is 0 Å². The summed E-state index contributed by atoms with van der Waals surface area (Å²) in [7, 11) is 1.65. The zero-order valence-electron chi connectivity index (χ0n) is 13.4. The molecule has 0 radical (unpaired) electrons. The third-order valence-electron chi connectivity index (χ3n) is 4.03. The van der Waals surface area contributed by atoms with Gasteiger partial charge in [0.05, 0.1) is 12.7 Å². The van der Waals surface area contributed by atoms with E-state index in [0.29, 0.717) is 6.54 Å². The SMILES string of the molecule is COc1cccc2c(NCC(C)(O)C(C)C)cc(C)nc12. The van der Waals surface area contributed by atoms with Gasteiger partial charge in [-0.3, -0.25) is 0 Å². The lowest BCUT2D eigenvalue weighted by atomic mass is 9.92.